The lowest BCUT2D eigenvalue weighted by Crippen LogP contribution is -2.00. The highest BCUT2D eigenvalue weighted by Gasteiger charge is 2.18. The second-order valence-electron chi connectivity index (χ2n) is 6.10. The quantitative estimate of drug-likeness (QED) is 0.585. The third-order valence-electron chi connectivity index (χ3n) is 4.19. The van der Waals surface area contributed by atoms with E-state index in [-0.39, 0.29) is 6.61 Å². The number of methoxy groups -OCH3 is 1. The average Bonchev–Trinajstić information content (AvgIpc) is 2.95. The summed E-state index contributed by atoms with van der Waals surface area (Å²) in [5.41, 5.74) is 2.23. The zero-order valence-corrected chi connectivity index (χ0v) is 17.2. The van der Waals surface area contributed by atoms with Crippen LogP contribution in [0.15, 0.2) is 36.4 Å². The van der Waals surface area contributed by atoms with Gasteiger partial charge in [-0.1, -0.05) is 35.3 Å². The van der Waals surface area contributed by atoms with Gasteiger partial charge in [0, 0.05) is 13.1 Å². The molecule has 3 rings (SSSR count). The number of hydrogen-bond donors (Lipinski definition) is 1. The number of benzene rings is 2. The maximum atomic E-state index is 9.59. The number of ether oxygens (including phenoxy) is 3. The minimum Gasteiger partial charge on any atom is -0.497 e. The Morgan fingerprint density at radius 1 is 1.07 bits per heavy atom. The number of aromatic nitrogens is 2. The van der Waals surface area contributed by atoms with Crippen molar-refractivity contribution in [1.82, 2.24) is 9.78 Å². The zero-order chi connectivity index (χ0) is 20.3. The van der Waals surface area contributed by atoms with Gasteiger partial charge in [-0.25, -0.2) is 4.68 Å². The molecule has 0 aliphatic heterocycles. The minimum absolute atomic E-state index is 0.193. The molecule has 0 atom stereocenters. The molecule has 0 saturated heterocycles. The monoisotopic (exact) mass is 422 g/mol. The van der Waals surface area contributed by atoms with Crippen molar-refractivity contribution < 1.29 is 19.3 Å². The lowest BCUT2D eigenvalue weighted by Gasteiger charge is -2.13. The number of hydrogen-bond acceptors (Lipinski definition) is 5. The molecule has 0 amide bonds. The van der Waals surface area contributed by atoms with E-state index in [1.807, 2.05) is 24.3 Å². The highest BCUT2D eigenvalue weighted by atomic mass is 35.5. The molecule has 1 N–H and O–H groups in total. The zero-order valence-electron chi connectivity index (χ0n) is 15.7. The van der Waals surface area contributed by atoms with Crippen LogP contribution in [0, 0.1) is 6.92 Å². The van der Waals surface area contributed by atoms with Crippen molar-refractivity contribution in [3.63, 3.8) is 0 Å². The van der Waals surface area contributed by atoms with Gasteiger partial charge in [-0.2, -0.15) is 5.10 Å². The standard InChI is InChI=1S/C20H20Cl2N2O4/c1-12-15(10-25)20(24(2)23-12)28-19-9-18(16(21)8-17(19)22)27-11-13-4-6-14(26-3)7-5-13/h4-9,25H,10-11H2,1-3H3. The number of rotatable bonds is 7. The third-order valence-corrected chi connectivity index (χ3v) is 4.78. The molecule has 1 heterocycles. The van der Waals surface area contributed by atoms with Crippen LogP contribution in [0.25, 0.3) is 0 Å². The van der Waals surface area contributed by atoms with Crippen molar-refractivity contribution in [1.29, 1.82) is 0 Å². The van der Waals surface area contributed by atoms with Crippen molar-refractivity contribution in [2.24, 2.45) is 7.05 Å². The second-order valence-corrected chi connectivity index (χ2v) is 6.92. The van der Waals surface area contributed by atoms with E-state index in [1.165, 1.54) is 0 Å². The number of halogens is 2. The molecule has 2 aromatic carbocycles. The Kier molecular flexibility index (Phi) is 6.34. The molecule has 0 fully saturated rings. The van der Waals surface area contributed by atoms with Gasteiger partial charge < -0.3 is 19.3 Å². The molecule has 3 aromatic rings. The molecule has 8 heteroatoms. The normalized spacial score (nSPS) is 10.8. The van der Waals surface area contributed by atoms with Gasteiger partial charge in [0.25, 0.3) is 0 Å². The summed E-state index contributed by atoms with van der Waals surface area (Å²) in [6.07, 6.45) is 0. The van der Waals surface area contributed by atoms with Crippen LogP contribution in [-0.2, 0) is 20.3 Å². The number of aryl methyl sites for hydroxylation is 2. The number of aliphatic hydroxyl groups excluding tert-OH is 1. The first-order chi connectivity index (χ1) is 13.4. The maximum absolute atomic E-state index is 9.59. The van der Waals surface area contributed by atoms with Gasteiger partial charge in [-0.3, -0.25) is 0 Å². The summed E-state index contributed by atoms with van der Waals surface area (Å²) in [4.78, 5) is 0. The van der Waals surface area contributed by atoms with Gasteiger partial charge in [0.1, 0.15) is 18.1 Å². The lowest BCUT2D eigenvalue weighted by atomic mass is 10.2. The number of nitrogens with zero attached hydrogens (tertiary/aromatic N) is 2. The van der Waals surface area contributed by atoms with Crippen molar-refractivity contribution >= 4 is 23.2 Å². The predicted molar refractivity (Wildman–Crippen MR) is 108 cm³/mol. The smallest absolute Gasteiger partial charge is 0.223 e. The molecule has 0 unspecified atom stereocenters. The Morgan fingerprint density at radius 2 is 1.75 bits per heavy atom. The summed E-state index contributed by atoms with van der Waals surface area (Å²) in [6.45, 7) is 1.92. The predicted octanol–water partition coefficient (Wildman–Crippen LogP) is 4.91. The molecule has 0 bridgehead atoms. The molecule has 28 heavy (non-hydrogen) atoms. The van der Waals surface area contributed by atoms with Gasteiger partial charge in [-0.15, -0.1) is 0 Å². The van der Waals surface area contributed by atoms with Crippen molar-refractivity contribution in [3.8, 4) is 23.1 Å². The summed E-state index contributed by atoms with van der Waals surface area (Å²) < 4.78 is 18.4. The van der Waals surface area contributed by atoms with Crippen LogP contribution in [0.4, 0.5) is 0 Å². The molecule has 0 aliphatic carbocycles. The van der Waals surface area contributed by atoms with E-state index in [0.29, 0.717) is 45.3 Å². The molecule has 0 aliphatic rings. The molecular weight excluding hydrogens is 403 g/mol. The van der Waals surface area contributed by atoms with E-state index in [4.69, 9.17) is 37.4 Å². The van der Waals surface area contributed by atoms with E-state index in [0.717, 1.165) is 11.3 Å². The number of aliphatic hydroxyl groups is 1. The first kappa shape index (κ1) is 20.3. The van der Waals surface area contributed by atoms with Crippen LogP contribution in [-0.4, -0.2) is 22.0 Å². The average molecular weight is 423 g/mol. The van der Waals surface area contributed by atoms with Crippen molar-refractivity contribution in [3.05, 3.63) is 63.3 Å². The SMILES string of the molecule is COc1ccc(COc2cc(Oc3c(CO)c(C)nn3C)c(Cl)cc2Cl)cc1. The van der Waals surface area contributed by atoms with Crippen LogP contribution in [0.3, 0.4) is 0 Å². The summed E-state index contributed by atoms with van der Waals surface area (Å²) in [6, 6.07) is 10.7. The lowest BCUT2D eigenvalue weighted by molar-refractivity contribution is 0.274. The topological polar surface area (TPSA) is 65.7 Å². The first-order valence-electron chi connectivity index (χ1n) is 8.49. The third kappa shape index (κ3) is 4.35. The van der Waals surface area contributed by atoms with Crippen LogP contribution >= 0.6 is 23.2 Å². The van der Waals surface area contributed by atoms with Gasteiger partial charge >= 0.3 is 0 Å². The Morgan fingerprint density at radius 3 is 2.39 bits per heavy atom. The van der Waals surface area contributed by atoms with E-state index >= 15 is 0 Å². The fourth-order valence-corrected chi connectivity index (χ4v) is 3.15. The Bertz CT molecular complexity index is 971. The first-order valence-corrected chi connectivity index (χ1v) is 9.24. The molecule has 148 valence electrons. The van der Waals surface area contributed by atoms with Crippen LogP contribution in [0.1, 0.15) is 16.8 Å². The van der Waals surface area contributed by atoms with E-state index < -0.39 is 0 Å². The van der Waals surface area contributed by atoms with Gasteiger partial charge in [0.15, 0.2) is 5.75 Å². The van der Waals surface area contributed by atoms with Gasteiger partial charge in [0.05, 0.1) is 35.0 Å². The summed E-state index contributed by atoms with van der Waals surface area (Å²) in [5.74, 6) is 1.97. The highest BCUT2D eigenvalue weighted by Crippen LogP contribution is 2.39. The molecule has 0 saturated carbocycles. The summed E-state index contributed by atoms with van der Waals surface area (Å²) in [7, 11) is 3.35. The van der Waals surface area contributed by atoms with Gasteiger partial charge in [-0.05, 0) is 30.7 Å². The van der Waals surface area contributed by atoms with Gasteiger partial charge in [0.2, 0.25) is 5.88 Å². The molecule has 1 aromatic heterocycles. The molecular formula is C20H20Cl2N2O4. The molecule has 6 nitrogen and oxygen atoms in total. The van der Waals surface area contributed by atoms with E-state index in [9.17, 15) is 5.11 Å². The van der Waals surface area contributed by atoms with Crippen molar-refractivity contribution in [2.75, 3.05) is 7.11 Å². The van der Waals surface area contributed by atoms with E-state index in [2.05, 4.69) is 5.10 Å². The van der Waals surface area contributed by atoms with Crippen LogP contribution in [0.5, 0.6) is 23.1 Å². The summed E-state index contributed by atoms with van der Waals surface area (Å²) in [5, 5.41) is 14.5. The minimum atomic E-state index is -0.193. The molecule has 0 radical (unpaired) electrons. The maximum Gasteiger partial charge on any atom is 0.223 e. The fraction of sp³-hybridized carbons (Fsp3) is 0.250. The fourth-order valence-electron chi connectivity index (χ4n) is 2.68. The Labute approximate surface area is 173 Å². The van der Waals surface area contributed by atoms with Crippen LogP contribution in [0.2, 0.25) is 10.0 Å². The molecule has 0 spiro atoms. The highest BCUT2D eigenvalue weighted by molar-refractivity contribution is 6.36. The largest absolute Gasteiger partial charge is 0.497 e. The van der Waals surface area contributed by atoms with Crippen molar-refractivity contribution in [2.45, 2.75) is 20.1 Å². The van der Waals surface area contributed by atoms with Crippen LogP contribution < -0.4 is 14.2 Å². The Hall–Kier alpha value is -2.41. The second kappa shape index (κ2) is 8.73. The van der Waals surface area contributed by atoms with E-state index in [1.54, 1.807) is 37.9 Å². The summed E-state index contributed by atoms with van der Waals surface area (Å²) >= 11 is 12.6. The Balaban J connectivity index is 1.82.